The molecule has 2 amide bonds. The minimum absolute atomic E-state index is 0.0602. The van der Waals surface area contributed by atoms with Crippen LogP contribution in [0.1, 0.15) is 62.2 Å². The van der Waals surface area contributed by atoms with Crippen LogP contribution in [0.3, 0.4) is 0 Å². The summed E-state index contributed by atoms with van der Waals surface area (Å²) in [5.41, 5.74) is 0.653. The van der Waals surface area contributed by atoms with E-state index in [1.165, 1.54) is 0 Å². The molecule has 0 spiro atoms. The summed E-state index contributed by atoms with van der Waals surface area (Å²) in [6.07, 6.45) is 7.21. The first-order chi connectivity index (χ1) is 16.1. The van der Waals surface area contributed by atoms with Gasteiger partial charge in [0.2, 0.25) is 5.91 Å². The number of hydrogen-bond donors (Lipinski definition) is 0. The van der Waals surface area contributed by atoms with Gasteiger partial charge in [-0.05, 0) is 57.2 Å². The molecule has 0 aromatic heterocycles. The number of piperidine rings is 2. The molecule has 0 unspecified atom stereocenters. The Morgan fingerprint density at radius 3 is 2.52 bits per heavy atom. The molecule has 4 rings (SSSR count). The maximum absolute atomic E-state index is 13.6. The number of rotatable bonds is 2. The van der Waals surface area contributed by atoms with Gasteiger partial charge in [0.15, 0.2) is 0 Å². The van der Waals surface area contributed by atoms with Crippen molar-refractivity contribution in [2.45, 2.75) is 70.1 Å². The van der Waals surface area contributed by atoms with Crippen LogP contribution in [0.25, 0.3) is 0 Å². The van der Waals surface area contributed by atoms with E-state index in [-0.39, 0.29) is 24.0 Å². The molecular weight excluding hydrogens is 418 g/mol. The molecule has 2 atom stereocenters. The molecule has 1 aromatic rings. The average Bonchev–Trinajstić information content (AvgIpc) is 2.86. The number of ether oxygens (including phenoxy) is 2. The summed E-state index contributed by atoms with van der Waals surface area (Å²) in [4.78, 5) is 31.8. The minimum Gasteiger partial charge on any atom is -0.491 e. The predicted molar refractivity (Wildman–Crippen MR) is 127 cm³/mol. The molecule has 0 radical (unpaired) electrons. The number of likely N-dealkylation sites (tertiary alicyclic amines) is 1. The Bertz CT molecular complexity index is 808. The van der Waals surface area contributed by atoms with Gasteiger partial charge in [-0.2, -0.15) is 0 Å². The molecule has 3 aliphatic rings. The van der Waals surface area contributed by atoms with Crippen LogP contribution >= 0.6 is 0 Å². The second-order valence-corrected chi connectivity index (χ2v) is 9.60. The molecule has 3 heterocycles. The van der Waals surface area contributed by atoms with Gasteiger partial charge >= 0.3 is 0 Å². The molecule has 3 aliphatic heterocycles. The lowest BCUT2D eigenvalue weighted by molar-refractivity contribution is -0.130. The van der Waals surface area contributed by atoms with Gasteiger partial charge in [-0.3, -0.25) is 14.5 Å². The van der Waals surface area contributed by atoms with Crippen LogP contribution in [0.2, 0.25) is 0 Å². The predicted octanol–water partition coefficient (Wildman–Crippen LogP) is 3.18. The number of hydrogen-bond acceptors (Lipinski definition) is 5. The van der Waals surface area contributed by atoms with Gasteiger partial charge in [-0.25, -0.2) is 0 Å². The molecule has 0 saturated carbocycles. The summed E-state index contributed by atoms with van der Waals surface area (Å²) in [7, 11) is 1.77. The third-order valence-corrected chi connectivity index (χ3v) is 7.66. The highest BCUT2D eigenvalue weighted by molar-refractivity contribution is 5.97. The van der Waals surface area contributed by atoms with Gasteiger partial charge in [0.05, 0.1) is 17.7 Å². The topological polar surface area (TPSA) is 62.3 Å². The van der Waals surface area contributed by atoms with Crippen LogP contribution in [0.4, 0.5) is 0 Å². The molecule has 1 aromatic carbocycles. The summed E-state index contributed by atoms with van der Waals surface area (Å²) in [5.74, 6) is 0.907. The monoisotopic (exact) mass is 457 g/mol. The fourth-order valence-corrected chi connectivity index (χ4v) is 5.78. The SMILES string of the molecule is CO[C@H]1CCCN2C(=O)c3ccccc3OCCN(C3CCN(C(C)=O)CC3)CCCC[C@@H]12. The first kappa shape index (κ1) is 24.0. The first-order valence-electron chi connectivity index (χ1n) is 12.6. The molecule has 0 aliphatic carbocycles. The summed E-state index contributed by atoms with van der Waals surface area (Å²) in [6, 6.07) is 8.24. The van der Waals surface area contributed by atoms with Crippen molar-refractivity contribution in [3.05, 3.63) is 29.8 Å². The summed E-state index contributed by atoms with van der Waals surface area (Å²) >= 11 is 0. The highest BCUT2D eigenvalue weighted by atomic mass is 16.5. The smallest absolute Gasteiger partial charge is 0.257 e. The third kappa shape index (κ3) is 5.69. The number of benzene rings is 1. The van der Waals surface area contributed by atoms with Crippen molar-refractivity contribution in [3.8, 4) is 5.75 Å². The van der Waals surface area contributed by atoms with E-state index in [1.54, 1.807) is 14.0 Å². The largest absolute Gasteiger partial charge is 0.491 e. The van der Waals surface area contributed by atoms with Crippen LogP contribution in [-0.2, 0) is 9.53 Å². The molecular formula is C26H39N3O4. The lowest BCUT2D eigenvalue weighted by Gasteiger charge is -2.41. The number of para-hydroxylation sites is 1. The standard InChI is InChI=1S/C26H39N3O4/c1-20(30)27-16-12-21(13-17-27)28-14-6-5-9-23-25(32-2)11-7-15-29(23)26(31)22-8-3-4-10-24(22)33-19-18-28/h3-4,8,10,21,23,25H,5-7,9,11-19H2,1-2H3/t23-,25-/m0/s1. The van der Waals surface area contributed by atoms with Crippen molar-refractivity contribution < 1.29 is 19.1 Å². The molecule has 7 heteroatoms. The number of methoxy groups -OCH3 is 1. The van der Waals surface area contributed by atoms with Gasteiger partial charge in [0.1, 0.15) is 12.4 Å². The van der Waals surface area contributed by atoms with E-state index >= 15 is 0 Å². The Hall–Kier alpha value is -2.12. The van der Waals surface area contributed by atoms with E-state index in [4.69, 9.17) is 9.47 Å². The molecule has 33 heavy (non-hydrogen) atoms. The zero-order valence-electron chi connectivity index (χ0n) is 20.2. The molecule has 2 saturated heterocycles. The van der Waals surface area contributed by atoms with Crippen molar-refractivity contribution in [1.29, 1.82) is 0 Å². The van der Waals surface area contributed by atoms with Crippen molar-refractivity contribution in [1.82, 2.24) is 14.7 Å². The van der Waals surface area contributed by atoms with E-state index in [0.29, 0.717) is 24.0 Å². The van der Waals surface area contributed by atoms with Crippen LogP contribution in [0, 0.1) is 0 Å². The fourth-order valence-electron chi connectivity index (χ4n) is 5.78. The van der Waals surface area contributed by atoms with Crippen LogP contribution in [0.5, 0.6) is 5.75 Å². The van der Waals surface area contributed by atoms with Gasteiger partial charge in [-0.1, -0.05) is 18.6 Å². The number of fused-ring (bicyclic) bond motifs is 2. The maximum atomic E-state index is 13.6. The third-order valence-electron chi connectivity index (χ3n) is 7.66. The molecule has 2 fully saturated rings. The van der Waals surface area contributed by atoms with E-state index < -0.39 is 0 Å². The second-order valence-electron chi connectivity index (χ2n) is 9.60. The zero-order chi connectivity index (χ0) is 23.2. The highest BCUT2D eigenvalue weighted by Gasteiger charge is 2.35. The lowest BCUT2D eigenvalue weighted by Crippen LogP contribution is -2.51. The van der Waals surface area contributed by atoms with Crippen molar-refractivity contribution in [3.63, 3.8) is 0 Å². The highest BCUT2D eigenvalue weighted by Crippen LogP contribution is 2.29. The van der Waals surface area contributed by atoms with Gasteiger partial charge in [0.25, 0.3) is 5.91 Å². The zero-order valence-corrected chi connectivity index (χ0v) is 20.2. The summed E-state index contributed by atoms with van der Waals surface area (Å²) < 4.78 is 12.0. The maximum Gasteiger partial charge on any atom is 0.257 e. The number of carbonyl (C=O) groups excluding carboxylic acids is 2. The minimum atomic E-state index is 0.0602. The van der Waals surface area contributed by atoms with E-state index in [2.05, 4.69) is 4.90 Å². The van der Waals surface area contributed by atoms with E-state index in [1.807, 2.05) is 34.1 Å². The van der Waals surface area contributed by atoms with Crippen molar-refractivity contribution >= 4 is 11.8 Å². The summed E-state index contributed by atoms with van der Waals surface area (Å²) in [6.45, 7) is 6.52. The number of amides is 2. The fraction of sp³-hybridized carbons (Fsp3) is 0.692. The van der Waals surface area contributed by atoms with Gasteiger partial charge in [-0.15, -0.1) is 0 Å². The van der Waals surface area contributed by atoms with Crippen molar-refractivity contribution in [2.75, 3.05) is 46.4 Å². The lowest BCUT2D eigenvalue weighted by atomic mass is 9.93. The number of carbonyl (C=O) groups is 2. The second kappa shape index (κ2) is 11.3. The Kier molecular flexibility index (Phi) is 8.25. The molecule has 0 N–H and O–H groups in total. The average molecular weight is 458 g/mol. The van der Waals surface area contributed by atoms with Crippen LogP contribution in [0.15, 0.2) is 24.3 Å². The van der Waals surface area contributed by atoms with Crippen LogP contribution in [-0.4, -0.2) is 91.1 Å². The Morgan fingerprint density at radius 2 is 1.76 bits per heavy atom. The normalized spacial score (nSPS) is 26.3. The molecule has 182 valence electrons. The van der Waals surface area contributed by atoms with Gasteiger partial charge < -0.3 is 19.3 Å². The van der Waals surface area contributed by atoms with Gasteiger partial charge in [0, 0.05) is 46.3 Å². The quantitative estimate of drug-likeness (QED) is 0.683. The Balaban J connectivity index is 1.51. The van der Waals surface area contributed by atoms with Crippen LogP contribution < -0.4 is 4.74 Å². The Labute approximate surface area is 198 Å². The van der Waals surface area contributed by atoms with E-state index in [9.17, 15) is 9.59 Å². The summed E-state index contributed by atoms with van der Waals surface area (Å²) in [5, 5.41) is 0. The molecule has 0 bridgehead atoms. The first-order valence-corrected chi connectivity index (χ1v) is 12.6. The molecule has 7 nitrogen and oxygen atoms in total. The number of nitrogens with zero attached hydrogens (tertiary/aromatic N) is 3. The Morgan fingerprint density at radius 1 is 0.970 bits per heavy atom. The van der Waals surface area contributed by atoms with Crippen molar-refractivity contribution in [2.24, 2.45) is 0 Å². The van der Waals surface area contributed by atoms with E-state index in [0.717, 1.165) is 77.7 Å².